The molecule has 1 heterocycles. The van der Waals surface area contributed by atoms with Crippen LogP contribution >= 0.6 is 22.6 Å². The van der Waals surface area contributed by atoms with E-state index in [1.165, 1.54) is 0 Å². The van der Waals surface area contributed by atoms with Gasteiger partial charge in [-0.2, -0.15) is 5.10 Å². The fourth-order valence-electron chi connectivity index (χ4n) is 1.37. The Morgan fingerprint density at radius 2 is 2.14 bits per heavy atom. The largest absolute Gasteiger partial charge is 0.399 e. The van der Waals surface area contributed by atoms with E-state index in [4.69, 9.17) is 5.73 Å². The number of nitrogen functional groups attached to an aromatic ring is 1. The topological polar surface area (TPSA) is 43.8 Å². The third kappa shape index (κ3) is 1.89. The van der Waals surface area contributed by atoms with Gasteiger partial charge in [-0.25, -0.2) is 4.68 Å². The highest BCUT2D eigenvalue weighted by molar-refractivity contribution is 14.1. The van der Waals surface area contributed by atoms with Gasteiger partial charge in [-0.15, -0.1) is 0 Å². The minimum Gasteiger partial charge on any atom is -0.399 e. The molecule has 0 bridgehead atoms. The Labute approximate surface area is 96.1 Å². The molecule has 0 saturated heterocycles. The van der Waals surface area contributed by atoms with Crippen molar-refractivity contribution in [1.29, 1.82) is 0 Å². The Balaban J connectivity index is 2.51. The minimum atomic E-state index is 0.769. The minimum absolute atomic E-state index is 0.769. The molecule has 2 rings (SSSR count). The summed E-state index contributed by atoms with van der Waals surface area (Å²) in [5.41, 5.74) is 8.68. The molecule has 0 aliphatic carbocycles. The summed E-state index contributed by atoms with van der Waals surface area (Å²) in [4.78, 5) is 0. The van der Waals surface area contributed by atoms with Gasteiger partial charge >= 0.3 is 0 Å². The van der Waals surface area contributed by atoms with Crippen molar-refractivity contribution < 1.29 is 0 Å². The van der Waals surface area contributed by atoms with Crippen molar-refractivity contribution in [1.82, 2.24) is 9.78 Å². The van der Waals surface area contributed by atoms with Crippen molar-refractivity contribution >= 4 is 28.3 Å². The predicted molar refractivity (Wildman–Crippen MR) is 65.4 cm³/mol. The molecule has 0 unspecified atom stereocenters. The summed E-state index contributed by atoms with van der Waals surface area (Å²) >= 11 is 2.23. The van der Waals surface area contributed by atoms with Gasteiger partial charge in [0.25, 0.3) is 0 Å². The Bertz CT molecular complexity index is 442. The second-order valence-corrected chi connectivity index (χ2v) is 4.45. The molecule has 0 amide bonds. The zero-order chi connectivity index (χ0) is 10.1. The van der Waals surface area contributed by atoms with E-state index in [9.17, 15) is 0 Å². The highest BCUT2D eigenvalue weighted by atomic mass is 127. The highest BCUT2D eigenvalue weighted by Gasteiger charge is 2.00. The standard InChI is InChI=1S/C10H10IN3/c1-7-2-9(12)4-10(3-7)14-6-8(11)5-13-14/h2-6H,12H2,1H3. The van der Waals surface area contributed by atoms with Crippen LogP contribution in [-0.2, 0) is 0 Å². The van der Waals surface area contributed by atoms with Gasteiger partial charge in [-0.3, -0.25) is 0 Å². The summed E-state index contributed by atoms with van der Waals surface area (Å²) in [5.74, 6) is 0. The molecule has 0 aliphatic heterocycles. The first-order chi connectivity index (χ1) is 6.65. The molecule has 1 aromatic heterocycles. The van der Waals surface area contributed by atoms with E-state index < -0.39 is 0 Å². The van der Waals surface area contributed by atoms with E-state index in [1.54, 1.807) is 0 Å². The molecule has 0 saturated carbocycles. The first-order valence-electron chi connectivity index (χ1n) is 4.23. The molecule has 0 atom stereocenters. The molecule has 0 aliphatic rings. The van der Waals surface area contributed by atoms with Gasteiger partial charge in [0, 0.05) is 11.9 Å². The van der Waals surface area contributed by atoms with Crippen LogP contribution in [0.15, 0.2) is 30.6 Å². The first kappa shape index (κ1) is 9.51. The van der Waals surface area contributed by atoms with Crippen LogP contribution in [0.25, 0.3) is 5.69 Å². The average Bonchev–Trinajstić information content (AvgIpc) is 2.50. The quantitative estimate of drug-likeness (QED) is 0.649. The average molecular weight is 299 g/mol. The van der Waals surface area contributed by atoms with Crippen molar-refractivity contribution in [2.75, 3.05) is 5.73 Å². The summed E-state index contributed by atoms with van der Waals surface area (Å²) in [6, 6.07) is 5.91. The predicted octanol–water partition coefficient (Wildman–Crippen LogP) is 2.37. The maximum Gasteiger partial charge on any atom is 0.0669 e. The Kier molecular flexibility index (Phi) is 2.45. The second-order valence-electron chi connectivity index (χ2n) is 3.21. The lowest BCUT2D eigenvalue weighted by atomic mass is 10.2. The van der Waals surface area contributed by atoms with E-state index in [0.29, 0.717) is 0 Å². The van der Waals surface area contributed by atoms with Gasteiger partial charge in [0.15, 0.2) is 0 Å². The summed E-state index contributed by atoms with van der Waals surface area (Å²) in [7, 11) is 0. The number of aromatic nitrogens is 2. The molecule has 2 N–H and O–H groups in total. The third-order valence-electron chi connectivity index (χ3n) is 1.90. The fraction of sp³-hybridized carbons (Fsp3) is 0.100. The van der Waals surface area contributed by atoms with Gasteiger partial charge in [0.2, 0.25) is 0 Å². The van der Waals surface area contributed by atoms with Crippen LogP contribution in [0, 0.1) is 10.5 Å². The number of halogens is 1. The van der Waals surface area contributed by atoms with Gasteiger partial charge in [0.05, 0.1) is 15.5 Å². The number of rotatable bonds is 1. The summed E-state index contributed by atoms with van der Waals surface area (Å²) in [6.45, 7) is 2.02. The maximum absolute atomic E-state index is 5.76. The zero-order valence-electron chi connectivity index (χ0n) is 7.74. The number of hydrogen-bond acceptors (Lipinski definition) is 2. The lowest BCUT2D eigenvalue weighted by molar-refractivity contribution is 0.879. The number of nitrogens with zero attached hydrogens (tertiary/aromatic N) is 2. The SMILES string of the molecule is Cc1cc(N)cc(-n2cc(I)cn2)c1. The van der Waals surface area contributed by atoms with Gasteiger partial charge in [-0.1, -0.05) is 0 Å². The summed E-state index contributed by atoms with van der Waals surface area (Å²) in [5, 5.41) is 4.22. The van der Waals surface area contributed by atoms with Crippen LogP contribution in [0.3, 0.4) is 0 Å². The van der Waals surface area contributed by atoms with E-state index in [0.717, 1.165) is 20.5 Å². The Morgan fingerprint density at radius 3 is 2.71 bits per heavy atom. The van der Waals surface area contributed by atoms with Crippen LogP contribution in [0.2, 0.25) is 0 Å². The van der Waals surface area contributed by atoms with Crippen molar-refractivity contribution in [2.24, 2.45) is 0 Å². The van der Waals surface area contributed by atoms with E-state index in [2.05, 4.69) is 33.8 Å². The number of aryl methyl sites for hydroxylation is 1. The van der Waals surface area contributed by atoms with E-state index in [1.807, 2.05) is 36.1 Å². The van der Waals surface area contributed by atoms with Crippen molar-refractivity contribution in [3.05, 3.63) is 39.7 Å². The number of anilines is 1. The number of nitrogens with two attached hydrogens (primary N) is 1. The smallest absolute Gasteiger partial charge is 0.0669 e. The van der Waals surface area contributed by atoms with Gasteiger partial charge in [-0.05, 0) is 53.3 Å². The van der Waals surface area contributed by atoms with Crippen molar-refractivity contribution in [2.45, 2.75) is 6.92 Å². The molecule has 4 heteroatoms. The van der Waals surface area contributed by atoms with Crippen molar-refractivity contribution in [3.63, 3.8) is 0 Å². The normalized spacial score (nSPS) is 10.4. The maximum atomic E-state index is 5.76. The summed E-state index contributed by atoms with van der Waals surface area (Å²) < 4.78 is 2.94. The number of hydrogen-bond donors (Lipinski definition) is 1. The molecule has 2 aromatic rings. The number of benzene rings is 1. The van der Waals surface area contributed by atoms with Crippen LogP contribution in [0.5, 0.6) is 0 Å². The lowest BCUT2D eigenvalue weighted by Gasteiger charge is -2.04. The monoisotopic (exact) mass is 299 g/mol. The summed E-state index contributed by atoms with van der Waals surface area (Å²) in [6.07, 6.45) is 3.79. The molecule has 14 heavy (non-hydrogen) atoms. The molecule has 0 spiro atoms. The van der Waals surface area contributed by atoms with Gasteiger partial charge in [0.1, 0.15) is 0 Å². The van der Waals surface area contributed by atoms with Crippen LogP contribution in [0.4, 0.5) is 5.69 Å². The molecule has 3 nitrogen and oxygen atoms in total. The first-order valence-corrected chi connectivity index (χ1v) is 5.31. The van der Waals surface area contributed by atoms with Crippen LogP contribution < -0.4 is 5.73 Å². The Hall–Kier alpha value is -1.04. The highest BCUT2D eigenvalue weighted by Crippen LogP contribution is 2.15. The molecule has 0 fully saturated rings. The van der Waals surface area contributed by atoms with E-state index >= 15 is 0 Å². The molecule has 72 valence electrons. The van der Waals surface area contributed by atoms with Crippen molar-refractivity contribution in [3.8, 4) is 5.69 Å². The second kappa shape index (κ2) is 3.61. The zero-order valence-corrected chi connectivity index (χ0v) is 9.89. The molecular weight excluding hydrogens is 289 g/mol. The van der Waals surface area contributed by atoms with Crippen LogP contribution in [0.1, 0.15) is 5.56 Å². The lowest BCUT2D eigenvalue weighted by Crippen LogP contribution is -1.96. The fourth-order valence-corrected chi connectivity index (χ4v) is 1.75. The molecule has 1 aromatic carbocycles. The molecular formula is C10H10IN3. The van der Waals surface area contributed by atoms with Gasteiger partial charge < -0.3 is 5.73 Å². The van der Waals surface area contributed by atoms with Crippen LogP contribution in [-0.4, -0.2) is 9.78 Å². The Morgan fingerprint density at radius 1 is 1.36 bits per heavy atom. The third-order valence-corrected chi connectivity index (χ3v) is 2.46. The van der Waals surface area contributed by atoms with E-state index in [-0.39, 0.29) is 0 Å². The molecule has 0 radical (unpaired) electrons.